The van der Waals surface area contributed by atoms with E-state index in [0.29, 0.717) is 13.0 Å². The quantitative estimate of drug-likeness (QED) is 0.805. The molecule has 1 N–H and O–H groups in total. The lowest BCUT2D eigenvalue weighted by Gasteiger charge is -2.15. The standard InChI is InChI=1S/C13H18O3/c1-10(13(14)15)8-11(2)16-9-12-6-4-3-5-7-12/h3-7,10-11H,8-9H2,1-2H3,(H,14,15). The van der Waals surface area contributed by atoms with Gasteiger partial charge in [0.15, 0.2) is 0 Å². The van der Waals surface area contributed by atoms with Gasteiger partial charge in [0.05, 0.1) is 18.6 Å². The van der Waals surface area contributed by atoms with Crippen molar-refractivity contribution in [1.29, 1.82) is 0 Å². The van der Waals surface area contributed by atoms with Gasteiger partial charge in [0.25, 0.3) is 0 Å². The van der Waals surface area contributed by atoms with E-state index in [-0.39, 0.29) is 12.0 Å². The van der Waals surface area contributed by atoms with Crippen LogP contribution in [-0.4, -0.2) is 17.2 Å². The topological polar surface area (TPSA) is 46.5 Å². The van der Waals surface area contributed by atoms with Gasteiger partial charge in [0, 0.05) is 0 Å². The average molecular weight is 222 g/mol. The van der Waals surface area contributed by atoms with E-state index in [1.807, 2.05) is 37.3 Å². The van der Waals surface area contributed by atoms with Crippen molar-refractivity contribution >= 4 is 5.97 Å². The minimum atomic E-state index is -0.768. The molecular weight excluding hydrogens is 204 g/mol. The summed E-state index contributed by atoms with van der Waals surface area (Å²) >= 11 is 0. The summed E-state index contributed by atoms with van der Waals surface area (Å²) in [5, 5.41) is 8.76. The second-order valence-electron chi connectivity index (χ2n) is 4.08. The zero-order chi connectivity index (χ0) is 12.0. The zero-order valence-electron chi connectivity index (χ0n) is 9.72. The van der Waals surface area contributed by atoms with Gasteiger partial charge < -0.3 is 9.84 Å². The van der Waals surface area contributed by atoms with Crippen LogP contribution >= 0.6 is 0 Å². The van der Waals surface area contributed by atoms with Crippen LogP contribution in [0.3, 0.4) is 0 Å². The van der Waals surface area contributed by atoms with Crippen molar-refractivity contribution < 1.29 is 14.6 Å². The molecule has 0 aliphatic rings. The monoisotopic (exact) mass is 222 g/mol. The minimum Gasteiger partial charge on any atom is -0.481 e. The lowest BCUT2D eigenvalue weighted by Crippen LogP contribution is -2.18. The first kappa shape index (κ1) is 12.7. The number of aliphatic carboxylic acids is 1. The second-order valence-corrected chi connectivity index (χ2v) is 4.08. The number of hydrogen-bond donors (Lipinski definition) is 1. The first-order valence-corrected chi connectivity index (χ1v) is 5.48. The van der Waals surface area contributed by atoms with E-state index in [4.69, 9.17) is 9.84 Å². The summed E-state index contributed by atoms with van der Waals surface area (Å²) in [5.41, 5.74) is 1.11. The molecule has 1 aromatic rings. The molecule has 0 aromatic heterocycles. The molecule has 0 saturated heterocycles. The molecule has 0 aliphatic heterocycles. The highest BCUT2D eigenvalue weighted by Crippen LogP contribution is 2.11. The number of hydrogen-bond acceptors (Lipinski definition) is 2. The van der Waals surface area contributed by atoms with Crippen LogP contribution in [0.5, 0.6) is 0 Å². The molecule has 0 saturated carbocycles. The third-order valence-electron chi connectivity index (χ3n) is 2.48. The van der Waals surface area contributed by atoms with Crippen LogP contribution < -0.4 is 0 Å². The maximum absolute atomic E-state index is 10.7. The number of benzene rings is 1. The van der Waals surface area contributed by atoms with Crippen molar-refractivity contribution in [3.05, 3.63) is 35.9 Å². The summed E-state index contributed by atoms with van der Waals surface area (Å²) in [5.74, 6) is -1.12. The smallest absolute Gasteiger partial charge is 0.306 e. The number of rotatable bonds is 6. The maximum Gasteiger partial charge on any atom is 0.306 e. The Hall–Kier alpha value is -1.35. The molecule has 0 bridgehead atoms. The molecule has 3 heteroatoms. The highest BCUT2D eigenvalue weighted by atomic mass is 16.5. The number of ether oxygens (including phenoxy) is 1. The van der Waals surface area contributed by atoms with Gasteiger partial charge in [-0.15, -0.1) is 0 Å². The first-order valence-electron chi connectivity index (χ1n) is 5.48. The molecule has 0 radical (unpaired) electrons. The molecule has 3 nitrogen and oxygen atoms in total. The maximum atomic E-state index is 10.7. The van der Waals surface area contributed by atoms with Crippen molar-refractivity contribution in [2.45, 2.75) is 33.0 Å². The molecule has 1 aromatic carbocycles. The van der Waals surface area contributed by atoms with Crippen LogP contribution in [-0.2, 0) is 16.1 Å². The van der Waals surface area contributed by atoms with E-state index >= 15 is 0 Å². The van der Waals surface area contributed by atoms with Crippen LogP contribution in [0, 0.1) is 5.92 Å². The molecule has 0 spiro atoms. The van der Waals surface area contributed by atoms with E-state index in [1.165, 1.54) is 0 Å². The van der Waals surface area contributed by atoms with Crippen molar-refractivity contribution in [2.75, 3.05) is 0 Å². The molecule has 0 amide bonds. The van der Waals surface area contributed by atoms with Crippen molar-refractivity contribution in [2.24, 2.45) is 5.92 Å². The predicted octanol–water partition coefficient (Wildman–Crippen LogP) is 2.70. The Bertz CT molecular complexity index is 321. The lowest BCUT2D eigenvalue weighted by molar-refractivity contribution is -0.142. The Kier molecular flexibility index (Phi) is 4.99. The van der Waals surface area contributed by atoms with E-state index in [0.717, 1.165) is 5.56 Å². The van der Waals surface area contributed by atoms with Crippen LogP contribution in [0.15, 0.2) is 30.3 Å². The van der Waals surface area contributed by atoms with Gasteiger partial charge in [0.2, 0.25) is 0 Å². The van der Waals surface area contributed by atoms with Gasteiger partial charge in [-0.05, 0) is 18.9 Å². The van der Waals surface area contributed by atoms with Gasteiger partial charge in [-0.25, -0.2) is 0 Å². The predicted molar refractivity (Wildman–Crippen MR) is 62.1 cm³/mol. The van der Waals surface area contributed by atoms with E-state index in [1.54, 1.807) is 6.92 Å². The summed E-state index contributed by atoms with van der Waals surface area (Å²) in [7, 11) is 0. The van der Waals surface area contributed by atoms with Crippen LogP contribution in [0.2, 0.25) is 0 Å². The van der Waals surface area contributed by atoms with Crippen LogP contribution in [0.25, 0.3) is 0 Å². The Balaban J connectivity index is 2.30. The van der Waals surface area contributed by atoms with E-state index in [2.05, 4.69) is 0 Å². The zero-order valence-corrected chi connectivity index (χ0v) is 9.72. The molecule has 0 fully saturated rings. The largest absolute Gasteiger partial charge is 0.481 e. The van der Waals surface area contributed by atoms with Gasteiger partial charge in [-0.3, -0.25) is 4.79 Å². The summed E-state index contributed by atoms with van der Waals surface area (Å²) < 4.78 is 5.59. The number of carbonyl (C=O) groups is 1. The molecule has 88 valence electrons. The molecule has 0 aliphatic carbocycles. The Morgan fingerprint density at radius 3 is 2.50 bits per heavy atom. The first-order chi connectivity index (χ1) is 7.59. The van der Waals surface area contributed by atoms with Crippen LogP contribution in [0.4, 0.5) is 0 Å². The fourth-order valence-corrected chi connectivity index (χ4v) is 1.48. The number of carboxylic acid groups (broad SMARTS) is 1. The molecule has 1 rings (SSSR count). The SMILES string of the molecule is CC(CC(C)C(=O)O)OCc1ccccc1. The Morgan fingerprint density at radius 2 is 1.94 bits per heavy atom. The van der Waals surface area contributed by atoms with E-state index in [9.17, 15) is 4.79 Å². The van der Waals surface area contributed by atoms with Crippen molar-refractivity contribution in [3.63, 3.8) is 0 Å². The Morgan fingerprint density at radius 1 is 1.31 bits per heavy atom. The minimum absolute atomic E-state index is 0.0358. The van der Waals surface area contributed by atoms with Crippen LogP contribution in [0.1, 0.15) is 25.8 Å². The highest BCUT2D eigenvalue weighted by Gasteiger charge is 2.15. The van der Waals surface area contributed by atoms with Crippen molar-refractivity contribution in [1.82, 2.24) is 0 Å². The summed E-state index contributed by atoms with van der Waals surface area (Å²) in [6.07, 6.45) is 0.508. The molecular formula is C13H18O3. The van der Waals surface area contributed by atoms with Gasteiger partial charge in [-0.2, -0.15) is 0 Å². The van der Waals surface area contributed by atoms with Gasteiger partial charge in [-0.1, -0.05) is 37.3 Å². The van der Waals surface area contributed by atoms with Crippen molar-refractivity contribution in [3.8, 4) is 0 Å². The van der Waals surface area contributed by atoms with E-state index < -0.39 is 5.97 Å². The van der Waals surface area contributed by atoms with Gasteiger partial charge >= 0.3 is 5.97 Å². The molecule has 0 heterocycles. The number of carboxylic acids is 1. The normalized spacial score (nSPS) is 14.4. The average Bonchev–Trinajstić information content (AvgIpc) is 2.27. The molecule has 2 atom stereocenters. The van der Waals surface area contributed by atoms with Gasteiger partial charge in [0.1, 0.15) is 0 Å². The fourth-order valence-electron chi connectivity index (χ4n) is 1.48. The highest BCUT2D eigenvalue weighted by molar-refractivity contribution is 5.69. The summed E-state index contributed by atoms with van der Waals surface area (Å²) in [4.78, 5) is 10.7. The summed E-state index contributed by atoms with van der Waals surface area (Å²) in [6, 6.07) is 9.87. The third-order valence-corrected chi connectivity index (χ3v) is 2.48. The second kappa shape index (κ2) is 6.28. The fraction of sp³-hybridized carbons (Fsp3) is 0.462. The molecule has 16 heavy (non-hydrogen) atoms. The Labute approximate surface area is 96.1 Å². The summed E-state index contributed by atoms with van der Waals surface area (Å²) in [6.45, 7) is 4.14. The third kappa shape index (κ3) is 4.45. The molecule has 2 unspecified atom stereocenters. The lowest BCUT2D eigenvalue weighted by atomic mass is 10.1.